The molecule has 0 spiro atoms. The second-order valence-electron chi connectivity index (χ2n) is 11.5. The highest BCUT2D eigenvalue weighted by Gasteiger charge is 2.46. The Hall–Kier alpha value is -4.68. The van der Waals surface area contributed by atoms with Crippen molar-refractivity contribution in [2.24, 2.45) is 0 Å². The molecular formula is C41H34. The number of aryl methyl sites for hydroxylation is 2. The molecule has 7 rings (SSSR count). The third-order valence-corrected chi connectivity index (χ3v) is 9.32. The first-order valence-corrected chi connectivity index (χ1v) is 14.5. The molecule has 0 unspecified atom stereocenters. The average Bonchev–Trinajstić information content (AvgIpc) is 3.32. The monoisotopic (exact) mass is 526 g/mol. The predicted molar refractivity (Wildman–Crippen MR) is 174 cm³/mol. The van der Waals surface area contributed by atoms with E-state index in [0.717, 1.165) is 0 Å². The molecule has 6 aromatic rings. The second kappa shape index (κ2) is 9.75. The van der Waals surface area contributed by atoms with E-state index in [-0.39, 0.29) is 0 Å². The van der Waals surface area contributed by atoms with Crippen molar-refractivity contribution in [3.8, 4) is 33.4 Å². The summed E-state index contributed by atoms with van der Waals surface area (Å²) >= 11 is 0. The standard InChI is InChI=1S/C41H34/c1-27-23-33(25-37(29(27)3)31-15-7-5-8-16-31)41(39-21-13-11-19-35(39)36-20-12-14-22-40(36)41)34-24-28(2)30(4)38(26-34)32-17-9-6-10-18-32/h5-26H,1-4H3. The highest BCUT2D eigenvalue weighted by Crippen LogP contribution is 2.57. The molecule has 0 fully saturated rings. The Balaban J connectivity index is 1.63. The highest BCUT2D eigenvalue weighted by molar-refractivity contribution is 5.88. The zero-order valence-corrected chi connectivity index (χ0v) is 24.2. The Morgan fingerprint density at radius 1 is 0.366 bits per heavy atom. The molecule has 41 heavy (non-hydrogen) atoms. The third-order valence-electron chi connectivity index (χ3n) is 9.32. The first kappa shape index (κ1) is 25.3. The molecular weight excluding hydrogens is 492 g/mol. The molecule has 0 heterocycles. The van der Waals surface area contributed by atoms with Crippen LogP contribution in [0.1, 0.15) is 44.5 Å². The molecule has 0 saturated heterocycles. The van der Waals surface area contributed by atoms with Crippen LogP contribution in [-0.2, 0) is 5.41 Å². The van der Waals surface area contributed by atoms with Crippen LogP contribution in [0.5, 0.6) is 0 Å². The van der Waals surface area contributed by atoms with Crippen LogP contribution >= 0.6 is 0 Å². The van der Waals surface area contributed by atoms with Gasteiger partial charge in [-0.2, -0.15) is 0 Å². The van der Waals surface area contributed by atoms with Gasteiger partial charge in [-0.3, -0.25) is 0 Å². The number of hydrogen-bond donors (Lipinski definition) is 0. The van der Waals surface area contributed by atoms with Gasteiger partial charge in [-0.25, -0.2) is 0 Å². The first-order valence-electron chi connectivity index (χ1n) is 14.5. The van der Waals surface area contributed by atoms with Gasteiger partial charge in [0.1, 0.15) is 0 Å². The van der Waals surface area contributed by atoms with Gasteiger partial charge < -0.3 is 0 Å². The molecule has 6 aromatic carbocycles. The minimum absolute atomic E-state index is 0.447. The van der Waals surface area contributed by atoms with Gasteiger partial charge in [0.25, 0.3) is 0 Å². The Labute approximate surface area is 244 Å². The molecule has 0 bridgehead atoms. The number of hydrogen-bond acceptors (Lipinski definition) is 0. The van der Waals surface area contributed by atoms with Crippen molar-refractivity contribution in [2.75, 3.05) is 0 Å². The summed E-state index contributed by atoms with van der Waals surface area (Å²) in [6, 6.07) is 49.6. The molecule has 0 nitrogen and oxygen atoms in total. The molecule has 0 aromatic heterocycles. The molecule has 0 saturated carbocycles. The normalized spacial score (nSPS) is 13.1. The lowest BCUT2D eigenvalue weighted by atomic mass is 9.66. The smallest absolute Gasteiger partial charge is 0.0622 e. The van der Waals surface area contributed by atoms with Crippen molar-refractivity contribution in [1.82, 2.24) is 0 Å². The molecule has 0 radical (unpaired) electrons. The Kier molecular flexibility index (Phi) is 6.02. The maximum absolute atomic E-state index is 2.47. The summed E-state index contributed by atoms with van der Waals surface area (Å²) in [6.07, 6.45) is 0. The molecule has 0 aliphatic heterocycles. The molecule has 1 aliphatic carbocycles. The van der Waals surface area contributed by atoms with E-state index < -0.39 is 5.41 Å². The van der Waals surface area contributed by atoms with Crippen molar-refractivity contribution in [1.29, 1.82) is 0 Å². The lowest BCUT2D eigenvalue weighted by Crippen LogP contribution is -2.29. The molecule has 0 atom stereocenters. The van der Waals surface area contributed by atoms with Gasteiger partial charge in [-0.1, -0.05) is 121 Å². The Morgan fingerprint density at radius 3 is 1.15 bits per heavy atom. The van der Waals surface area contributed by atoms with Crippen LogP contribution in [-0.4, -0.2) is 0 Å². The molecule has 1 aliphatic rings. The predicted octanol–water partition coefficient (Wildman–Crippen LogP) is 10.6. The van der Waals surface area contributed by atoms with E-state index in [1.165, 1.54) is 77.9 Å². The van der Waals surface area contributed by atoms with Crippen LogP contribution in [0.25, 0.3) is 33.4 Å². The summed E-state index contributed by atoms with van der Waals surface area (Å²) in [5, 5.41) is 0. The molecule has 198 valence electrons. The molecule has 0 N–H and O–H groups in total. The summed E-state index contributed by atoms with van der Waals surface area (Å²) in [5.41, 5.74) is 18.0. The maximum Gasteiger partial charge on any atom is 0.0714 e. The SMILES string of the molecule is Cc1cc(C2(c3cc(C)c(C)c(-c4ccccc4)c3)c3ccccc3-c3ccccc32)cc(-c2ccccc2)c1C. The van der Waals surface area contributed by atoms with E-state index in [1.807, 2.05) is 0 Å². The molecule has 0 amide bonds. The topological polar surface area (TPSA) is 0 Å². The van der Waals surface area contributed by atoms with Crippen LogP contribution < -0.4 is 0 Å². The van der Waals surface area contributed by atoms with Crippen molar-refractivity contribution in [3.63, 3.8) is 0 Å². The van der Waals surface area contributed by atoms with Crippen molar-refractivity contribution in [2.45, 2.75) is 33.1 Å². The van der Waals surface area contributed by atoms with Crippen molar-refractivity contribution in [3.05, 3.63) is 178 Å². The number of rotatable bonds is 4. The van der Waals surface area contributed by atoms with E-state index in [0.29, 0.717) is 0 Å². The largest absolute Gasteiger partial charge is 0.0714 e. The first-order chi connectivity index (χ1) is 20.0. The summed E-state index contributed by atoms with van der Waals surface area (Å²) in [6.45, 7) is 9.05. The quantitative estimate of drug-likeness (QED) is 0.214. The van der Waals surface area contributed by atoms with Gasteiger partial charge >= 0.3 is 0 Å². The summed E-state index contributed by atoms with van der Waals surface area (Å²) < 4.78 is 0. The van der Waals surface area contributed by atoms with Gasteiger partial charge in [-0.05, 0) is 118 Å². The summed E-state index contributed by atoms with van der Waals surface area (Å²) in [4.78, 5) is 0. The lowest BCUT2D eigenvalue weighted by Gasteiger charge is -2.36. The van der Waals surface area contributed by atoms with Crippen LogP contribution in [0.3, 0.4) is 0 Å². The third kappa shape index (κ3) is 3.82. The van der Waals surface area contributed by atoms with Gasteiger partial charge in [0.2, 0.25) is 0 Å². The second-order valence-corrected chi connectivity index (χ2v) is 11.5. The average molecular weight is 527 g/mol. The summed E-state index contributed by atoms with van der Waals surface area (Å²) in [5.74, 6) is 0. The minimum atomic E-state index is -0.447. The van der Waals surface area contributed by atoms with Gasteiger partial charge in [-0.15, -0.1) is 0 Å². The van der Waals surface area contributed by atoms with E-state index >= 15 is 0 Å². The zero-order chi connectivity index (χ0) is 28.1. The van der Waals surface area contributed by atoms with Crippen LogP contribution in [0.4, 0.5) is 0 Å². The van der Waals surface area contributed by atoms with Gasteiger partial charge in [0.15, 0.2) is 0 Å². The van der Waals surface area contributed by atoms with E-state index in [1.54, 1.807) is 0 Å². The Morgan fingerprint density at radius 2 is 0.732 bits per heavy atom. The fraction of sp³-hybridized carbons (Fsp3) is 0.122. The highest BCUT2D eigenvalue weighted by atomic mass is 14.5. The zero-order valence-electron chi connectivity index (χ0n) is 24.2. The Bertz CT molecular complexity index is 1770. The van der Waals surface area contributed by atoms with Crippen molar-refractivity contribution >= 4 is 0 Å². The number of benzene rings is 6. The van der Waals surface area contributed by atoms with Crippen LogP contribution in [0.2, 0.25) is 0 Å². The molecule has 0 heteroatoms. The van der Waals surface area contributed by atoms with Crippen LogP contribution in [0, 0.1) is 27.7 Å². The maximum atomic E-state index is 2.47. The van der Waals surface area contributed by atoms with Gasteiger partial charge in [0.05, 0.1) is 5.41 Å². The van der Waals surface area contributed by atoms with E-state index in [9.17, 15) is 0 Å². The lowest BCUT2D eigenvalue weighted by molar-refractivity contribution is 0.765. The minimum Gasteiger partial charge on any atom is -0.0622 e. The fourth-order valence-electron chi connectivity index (χ4n) is 7.01. The van der Waals surface area contributed by atoms with Crippen LogP contribution in [0.15, 0.2) is 133 Å². The van der Waals surface area contributed by atoms with E-state index in [2.05, 4.69) is 161 Å². The number of fused-ring (bicyclic) bond motifs is 3. The van der Waals surface area contributed by atoms with Crippen molar-refractivity contribution < 1.29 is 0 Å². The summed E-state index contributed by atoms with van der Waals surface area (Å²) in [7, 11) is 0. The van der Waals surface area contributed by atoms with Gasteiger partial charge in [0, 0.05) is 0 Å². The fourth-order valence-corrected chi connectivity index (χ4v) is 7.01. The van der Waals surface area contributed by atoms with E-state index in [4.69, 9.17) is 0 Å².